The van der Waals surface area contributed by atoms with Gasteiger partial charge in [0, 0.05) is 37.3 Å². The van der Waals surface area contributed by atoms with Crippen molar-refractivity contribution < 1.29 is 0 Å². The highest BCUT2D eigenvalue weighted by molar-refractivity contribution is 5.03. The van der Waals surface area contributed by atoms with Crippen LogP contribution in [0.2, 0.25) is 0 Å². The highest BCUT2D eigenvalue weighted by Gasteiger charge is 2.45. The van der Waals surface area contributed by atoms with Crippen molar-refractivity contribution in [1.29, 1.82) is 0 Å². The molecule has 0 aromatic carbocycles. The van der Waals surface area contributed by atoms with Gasteiger partial charge in [-0.25, -0.2) is 0 Å². The first-order chi connectivity index (χ1) is 11.0. The summed E-state index contributed by atoms with van der Waals surface area (Å²) >= 11 is 0. The van der Waals surface area contributed by atoms with Gasteiger partial charge in [0.2, 0.25) is 0 Å². The van der Waals surface area contributed by atoms with Crippen LogP contribution in [0, 0.1) is 16.7 Å². The Kier molecular flexibility index (Phi) is 4.86. The van der Waals surface area contributed by atoms with Crippen LogP contribution >= 0.6 is 0 Å². The fourth-order valence-corrected chi connectivity index (χ4v) is 4.82. The molecule has 3 rings (SSSR count). The fraction of sp³-hybridized carbons (Fsp3) is 1.00. The van der Waals surface area contributed by atoms with Gasteiger partial charge < -0.3 is 10.2 Å². The van der Waals surface area contributed by atoms with E-state index in [9.17, 15) is 0 Å². The summed E-state index contributed by atoms with van der Waals surface area (Å²) in [6.45, 7) is 23.4. The highest BCUT2D eigenvalue weighted by atomic mass is 15.2. The second kappa shape index (κ2) is 6.25. The second-order valence-corrected chi connectivity index (χ2v) is 11.3. The van der Waals surface area contributed by atoms with E-state index in [4.69, 9.17) is 0 Å². The van der Waals surface area contributed by atoms with Gasteiger partial charge in [-0.3, -0.25) is 4.90 Å². The minimum absolute atomic E-state index is 0.377. The van der Waals surface area contributed by atoms with E-state index in [0.717, 1.165) is 12.0 Å². The Hall–Kier alpha value is -0.120. The summed E-state index contributed by atoms with van der Waals surface area (Å²) in [6, 6.07) is 1.42. The minimum Gasteiger partial charge on any atom is -0.310 e. The summed E-state index contributed by atoms with van der Waals surface area (Å²) in [7, 11) is 0. The van der Waals surface area contributed by atoms with Gasteiger partial charge in [-0.2, -0.15) is 0 Å². The molecule has 3 saturated heterocycles. The van der Waals surface area contributed by atoms with Gasteiger partial charge in [-0.1, -0.05) is 34.6 Å². The second-order valence-electron chi connectivity index (χ2n) is 11.3. The maximum atomic E-state index is 3.92. The molecule has 0 amide bonds. The molecule has 3 aliphatic rings. The summed E-state index contributed by atoms with van der Waals surface area (Å²) < 4.78 is 0. The van der Waals surface area contributed by atoms with E-state index < -0.39 is 0 Å². The molecule has 1 N–H and O–H groups in total. The largest absolute Gasteiger partial charge is 0.310 e. The monoisotopic (exact) mass is 335 g/mol. The van der Waals surface area contributed by atoms with Crippen LogP contribution in [-0.2, 0) is 0 Å². The molecule has 0 spiro atoms. The molecule has 0 bridgehead atoms. The lowest BCUT2D eigenvalue weighted by Gasteiger charge is -2.55. The average Bonchev–Trinajstić information content (AvgIpc) is 2.22. The van der Waals surface area contributed by atoms with Gasteiger partial charge in [-0.15, -0.1) is 0 Å². The number of hydrogen-bond acceptors (Lipinski definition) is 3. The Morgan fingerprint density at radius 2 is 1.54 bits per heavy atom. The third-order valence-electron chi connectivity index (χ3n) is 7.17. The number of nitrogens with zero attached hydrogens (tertiary/aromatic N) is 2. The normalized spacial score (nSPS) is 30.6. The van der Waals surface area contributed by atoms with Crippen molar-refractivity contribution in [3.05, 3.63) is 0 Å². The van der Waals surface area contributed by atoms with Gasteiger partial charge in [0.15, 0.2) is 0 Å². The van der Waals surface area contributed by atoms with Gasteiger partial charge in [-0.05, 0) is 62.9 Å². The minimum atomic E-state index is 0.377. The lowest BCUT2D eigenvalue weighted by Crippen LogP contribution is -2.65. The molecule has 3 nitrogen and oxygen atoms in total. The third kappa shape index (κ3) is 3.83. The van der Waals surface area contributed by atoms with Crippen LogP contribution in [0.4, 0.5) is 0 Å². The molecule has 0 radical (unpaired) electrons. The zero-order valence-electron chi connectivity index (χ0n) is 17.3. The van der Waals surface area contributed by atoms with Crippen LogP contribution in [0.3, 0.4) is 0 Å². The molecule has 140 valence electrons. The molecule has 3 heterocycles. The maximum Gasteiger partial charge on any atom is 0.0168 e. The maximum absolute atomic E-state index is 3.92. The van der Waals surface area contributed by atoms with E-state index >= 15 is 0 Å². The Balaban J connectivity index is 1.40. The summed E-state index contributed by atoms with van der Waals surface area (Å²) in [5.41, 5.74) is 1.24. The molecule has 0 aromatic rings. The zero-order valence-corrected chi connectivity index (χ0v) is 17.3. The number of likely N-dealkylation sites (tertiary alicyclic amines) is 2. The quantitative estimate of drug-likeness (QED) is 0.800. The molecule has 24 heavy (non-hydrogen) atoms. The number of hydrogen-bond donors (Lipinski definition) is 1. The van der Waals surface area contributed by atoms with E-state index in [-0.39, 0.29) is 0 Å². The molecule has 0 aliphatic carbocycles. The van der Waals surface area contributed by atoms with E-state index in [1.54, 1.807) is 0 Å². The predicted molar refractivity (Wildman–Crippen MR) is 103 cm³/mol. The van der Waals surface area contributed by atoms with Gasteiger partial charge >= 0.3 is 0 Å². The van der Waals surface area contributed by atoms with Crippen LogP contribution < -0.4 is 5.32 Å². The van der Waals surface area contributed by atoms with Crippen molar-refractivity contribution in [3.8, 4) is 0 Å². The first kappa shape index (κ1) is 18.7. The van der Waals surface area contributed by atoms with E-state index in [2.05, 4.69) is 63.6 Å². The molecular formula is C21H41N3. The predicted octanol–water partition coefficient (Wildman–Crippen LogP) is 3.60. The van der Waals surface area contributed by atoms with Crippen molar-refractivity contribution in [1.82, 2.24) is 15.1 Å². The Morgan fingerprint density at radius 3 is 2.00 bits per heavy atom. The fourth-order valence-electron chi connectivity index (χ4n) is 4.82. The summed E-state index contributed by atoms with van der Waals surface area (Å²) in [5.74, 6) is 0.882. The summed E-state index contributed by atoms with van der Waals surface area (Å²) in [4.78, 5) is 5.33. The molecule has 0 aromatic heterocycles. The molecule has 0 saturated carbocycles. The van der Waals surface area contributed by atoms with Crippen LogP contribution in [0.5, 0.6) is 0 Å². The number of rotatable bonds is 6. The standard InChI is InChI=1S/C21H41N3/c1-19(2,3)16-13-23(14-16)15-20(4,5)18-11-17(22-18)12-21(6,7)24-9-8-10-24/h16-18,22H,8-15H2,1-7H3. The topological polar surface area (TPSA) is 18.5 Å². The van der Waals surface area contributed by atoms with Gasteiger partial charge in [0.25, 0.3) is 0 Å². The lowest BCUT2D eigenvalue weighted by atomic mass is 9.71. The average molecular weight is 336 g/mol. The molecule has 3 aliphatic heterocycles. The van der Waals surface area contributed by atoms with E-state index in [0.29, 0.717) is 22.4 Å². The van der Waals surface area contributed by atoms with Crippen molar-refractivity contribution in [2.75, 3.05) is 32.7 Å². The van der Waals surface area contributed by atoms with Crippen LogP contribution in [0.15, 0.2) is 0 Å². The molecule has 3 fully saturated rings. The van der Waals surface area contributed by atoms with Crippen molar-refractivity contribution >= 4 is 0 Å². The molecule has 3 heteroatoms. The Morgan fingerprint density at radius 1 is 0.958 bits per heavy atom. The molecule has 2 atom stereocenters. The summed E-state index contributed by atoms with van der Waals surface area (Å²) in [6.07, 6.45) is 4.05. The number of nitrogens with one attached hydrogen (secondary N) is 1. The molecular weight excluding hydrogens is 294 g/mol. The van der Waals surface area contributed by atoms with Crippen LogP contribution in [-0.4, -0.2) is 60.1 Å². The first-order valence-corrected chi connectivity index (χ1v) is 10.2. The SMILES string of the molecule is CC(C)(C)C1CN(CC(C)(C)C2CC(CC(C)(C)N3CCC3)N2)C1. The van der Waals surface area contributed by atoms with Crippen molar-refractivity contribution in [2.45, 2.75) is 85.4 Å². The smallest absolute Gasteiger partial charge is 0.0168 e. The highest BCUT2D eigenvalue weighted by Crippen LogP contribution is 2.39. The van der Waals surface area contributed by atoms with E-state index in [1.807, 2.05) is 0 Å². The van der Waals surface area contributed by atoms with Crippen molar-refractivity contribution in [2.24, 2.45) is 16.7 Å². The molecule has 2 unspecified atom stereocenters. The summed E-state index contributed by atoms with van der Waals surface area (Å²) in [5, 5.41) is 3.92. The van der Waals surface area contributed by atoms with Crippen LogP contribution in [0.1, 0.15) is 67.7 Å². The lowest BCUT2D eigenvalue weighted by molar-refractivity contribution is -0.0260. The Labute approximate surface area is 150 Å². The van der Waals surface area contributed by atoms with Gasteiger partial charge in [0.1, 0.15) is 0 Å². The first-order valence-electron chi connectivity index (χ1n) is 10.2. The van der Waals surface area contributed by atoms with Gasteiger partial charge in [0.05, 0.1) is 0 Å². The van der Waals surface area contributed by atoms with Crippen LogP contribution in [0.25, 0.3) is 0 Å². The third-order valence-corrected chi connectivity index (χ3v) is 7.17. The zero-order chi connectivity index (χ0) is 17.8. The van der Waals surface area contributed by atoms with E-state index in [1.165, 1.54) is 52.0 Å². The van der Waals surface area contributed by atoms with Crippen molar-refractivity contribution in [3.63, 3.8) is 0 Å². The Bertz CT molecular complexity index is 432.